The molecule has 0 spiro atoms. The first-order chi connectivity index (χ1) is 8.76. The summed E-state index contributed by atoms with van der Waals surface area (Å²) in [5, 5.41) is 0. The van der Waals surface area contributed by atoms with Crippen LogP contribution in [0.4, 0.5) is 0 Å². The first-order valence-electron chi connectivity index (χ1n) is 7.14. The van der Waals surface area contributed by atoms with Crippen molar-refractivity contribution >= 4 is 11.8 Å². The van der Waals surface area contributed by atoms with E-state index in [0.29, 0.717) is 4.75 Å². The summed E-state index contributed by atoms with van der Waals surface area (Å²) in [6.07, 6.45) is 7.77. The van der Waals surface area contributed by atoms with Gasteiger partial charge in [0, 0.05) is 16.2 Å². The molecule has 3 aliphatic rings. The van der Waals surface area contributed by atoms with Crippen molar-refractivity contribution in [2.24, 2.45) is 0 Å². The molecule has 0 heterocycles. The summed E-state index contributed by atoms with van der Waals surface area (Å²) in [6.45, 7) is 3.00. The van der Waals surface area contributed by atoms with Crippen molar-refractivity contribution in [3.8, 4) is 0 Å². The predicted molar refractivity (Wildman–Crippen MR) is 77.1 cm³/mol. The average Bonchev–Trinajstić information content (AvgIpc) is 2.42. The minimum Gasteiger partial charge on any atom is -0.375 e. The highest BCUT2D eigenvalue weighted by Gasteiger charge is 2.49. The van der Waals surface area contributed by atoms with Crippen LogP contribution in [0.5, 0.6) is 0 Å². The van der Waals surface area contributed by atoms with Gasteiger partial charge in [0.25, 0.3) is 0 Å². The van der Waals surface area contributed by atoms with Crippen LogP contribution in [-0.2, 0) is 4.74 Å². The number of hydrogen-bond donors (Lipinski definition) is 0. The average molecular weight is 262 g/mol. The Morgan fingerprint density at radius 1 is 1.00 bits per heavy atom. The maximum atomic E-state index is 6.04. The van der Waals surface area contributed by atoms with E-state index in [1.807, 2.05) is 0 Å². The summed E-state index contributed by atoms with van der Waals surface area (Å²) < 4.78 is 6.54. The second-order valence-corrected chi connectivity index (χ2v) is 7.26. The Morgan fingerprint density at radius 3 is 2.17 bits per heavy atom. The van der Waals surface area contributed by atoms with E-state index in [1.54, 1.807) is 0 Å². The third-order valence-electron chi connectivity index (χ3n) is 4.64. The maximum Gasteiger partial charge on any atom is 0.0684 e. The van der Waals surface area contributed by atoms with Gasteiger partial charge in [-0.15, -0.1) is 11.8 Å². The fourth-order valence-electron chi connectivity index (χ4n) is 3.53. The van der Waals surface area contributed by atoms with Gasteiger partial charge < -0.3 is 4.74 Å². The Kier molecular flexibility index (Phi) is 3.42. The first kappa shape index (κ1) is 12.6. The molecular weight excluding hydrogens is 240 g/mol. The number of benzene rings is 1. The van der Waals surface area contributed by atoms with E-state index in [9.17, 15) is 0 Å². The normalized spacial score (nSPS) is 34.7. The van der Waals surface area contributed by atoms with E-state index in [4.69, 9.17) is 4.74 Å². The molecule has 1 aromatic carbocycles. The molecule has 0 radical (unpaired) electrons. The largest absolute Gasteiger partial charge is 0.375 e. The molecule has 3 fully saturated rings. The highest BCUT2D eigenvalue weighted by atomic mass is 32.2. The molecule has 0 saturated heterocycles. The summed E-state index contributed by atoms with van der Waals surface area (Å²) in [6, 6.07) is 10.9. The SMILES string of the molecule is CCOC12CCC(Sc3ccccc3)(CC1)CC2. The first-order valence-corrected chi connectivity index (χ1v) is 7.96. The zero-order chi connectivity index (χ0) is 12.5. The molecule has 0 amide bonds. The topological polar surface area (TPSA) is 9.23 Å². The molecule has 98 valence electrons. The van der Waals surface area contributed by atoms with Crippen molar-refractivity contribution in [2.75, 3.05) is 6.61 Å². The summed E-state index contributed by atoms with van der Waals surface area (Å²) in [5.74, 6) is 0. The quantitative estimate of drug-likeness (QED) is 0.780. The van der Waals surface area contributed by atoms with E-state index in [1.165, 1.54) is 43.4 Å². The van der Waals surface area contributed by atoms with Gasteiger partial charge in [-0.2, -0.15) is 0 Å². The predicted octanol–water partition coefficient (Wildman–Crippen LogP) is 4.66. The lowest BCUT2D eigenvalue weighted by molar-refractivity contribution is -0.0997. The molecular formula is C16H22OS. The van der Waals surface area contributed by atoms with Crippen LogP contribution in [-0.4, -0.2) is 17.0 Å². The van der Waals surface area contributed by atoms with Crippen LogP contribution in [0.25, 0.3) is 0 Å². The Balaban J connectivity index is 1.69. The van der Waals surface area contributed by atoms with Gasteiger partial charge in [-0.25, -0.2) is 0 Å². The van der Waals surface area contributed by atoms with Gasteiger partial charge in [0.2, 0.25) is 0 Å². The second-order valence-electron chi connectivity index (χ2n) is 5.71. The zero-order valence-electron chi connectivity index (χ0n) is 11.2. The molecule has 0 aliphatic heterocycles. The zero-order valence-corrected chi connectivity index (χ0v) is 12.0. The van der Waals surface area contributed by atoms with Crippen molar-refractivity contribution in [1.82, 2.24) is 0 Å². The Morgan fingerprint density at radius 2 is 1.61 bits per heavy atom. The van der Waals surface area contributed by atoms with Crippen molar-refractivity contribution in [3.05, 3.63) is 30.3 Å². The molecule has 0 aromatic heterocycles. The lowest BCUT2D eigenvalue weighted by Gasteiger charge is -2.52. The third kappa shape index (κ3) is 2.33. The van der Waals surface area contributed by atoms with Crippen LogP contribution < -0.4 is 0 Å². The van der Waals surface area contributed by atoms with E-state index in [2.05, 4.69) is 49.0 Å². The lowest BCUT2D eigenvalue weighted by atomic mass is 9.67. The summed E-state index contributed by atoms with van der Waals surface area (Å²) >= 11 is 2.11. The Hall–Kier alpha value is -0.470. The van der Waals surface area contributed by atoms with Crippen molar-refractivity contribution < 1.29 is 4.74 Å². The molecule has 0 atom stereocenters. The highest BCUT2D eigenvalue weighted by Crippen LogP contribution is 2.56. The number of fused-ring (bicyclic) bond motifs is 3. The van der Waals surface area contributed by atoms with Gasteiger partial charge in [0.1, 0.15) is 0 Å². The van der Waals surface area contributed by atoms with Crippen LogP contribution >= 0.6 is 11.8 Å². The maximum absolute atomic E-state index is 6.04. The molecule has 4 rings (SSSR count). The van der Waals surface area contributed by atoms with Crippen molar-refractivity contribution in [1.29, 1.82) is 0 Å². The van der Waals surface area contributed by atoms with Crippen molar-refractivity contribution in [2.45, 2.75) is 60.7 Å². The van der Waals surface area contributed by atoms with E-state index >= 15 is 0 Å². The van der Waals surface area contributed by atoms with Crippen LogP contribution in [0.15, 0.2) is 35.2 Å². The molecule has 1 aromatic rings. The minimum atomic E-state index is 0.244. The van der Waals surface area contributed by atoms with E-state index in [-0.39, 0.29) is 5.60 Å². The standard InChI is InChI=1S/C16H22OS/c1-2-17-15-8-11-16(12-9-15,13-10-15)18-14-6-4-3-5-7-14/h3-7H,2,8-13H2,1H3. The van der Waals surface area contributed by atoms with Gasteiger partial charge in [-0.3, -0.25) is 0 Å². The second kappa shape index (κ2) is 4.90. The summed E-state index contributed by atoms with van der Waals surface area (Å²) in [5.41, 5.74) is 0.244. The Labute approximate surface area is 114 Å². The van der Waals surface area contributed by atoms with Gasteiger partial charge in [0.05, 0.1) is 5.60 Å². The van der Waals surface area contributed by atoms with Gasteiger partial charge >= 0.3 is 0 Å². The van der Waals surface area contributed by atoms with E-state index < -0.39 is 0 Å². The Bertz CT molecular complexity index is 376. The minimum absolute atomic E-state index is 0.244. The lowest BCUT2D eigenvalue weighted by Crippen LogP contribution is -2.49. The molecule has 18 heavy (non-hydrogen) atoms. The van der Waals surface area contributed by atoms with Crippen LogP contribution in [0.1, 0.15) is 45.4 Å². The molecule has 1 nitrogen and oxygen atoms in total. The molecule has 3 saturated carbocycles. The molecule has 2 heteroatoms. The fourth-order valence-corrected chi connectivity index (χ4v) is 4.94. The smallest absolute Gasteiger partial charge is 0.0684 e. The van der Waals surface area contributed by atoms with Crippen LogP contribution in [0.2, 0.25) is 0 Å². The monoisotopic (exact) mass is 262 g/mol. The van der Waals surface area contributed by atoms with Crippen LogP contribution in [0, 0.1) is 0 Å². The molecule has 0 unspecified atom stereocenters. The fraction of sp³-hybridized carbons (Fsp3) is 0.625. The van der Waals surface area contributed by atoms with Crippen LogP contribution in [0.3, 0.4) is 0 Å². The number of rotatable bonds is 4. The third-order valence-corrected chi connectivity index (χ3v) is 6.19. The summed E-state index contributed by atoms with van der Waals surface area (Å²) in [4.78, 5) is 1.43. The molecule has 0 N–H and O–H groups in total. The molecule has 3 aliphatic carbocycles. The number of hydrogen-bond acceptors (Lipinski definition) is 2. The van der Waals surface area contributed by atoms with Gasteiger partial charge in [-0.1, -0.05) is 18.2 Å². The van der Waals surface area contributed by atoms with Gasteiger partial charge in [0.15, 0.2) is 0 Å². The number of thioether (sulfide) groups is 1. The highest BCUT2D eigenvalue weighted by molar-refractivity contribution is 8.00. The van der Waals surface area contributed by atoms with E-state index in [0.717, 1.165) is 6.61 Å². The van der Waals surface area contributed by atoms with Crippen molar-refractivity contribution in [3.63, 3.8) is 0 Å². The number of ether oxygens (including phenoxy) is 1. The molecule has 2 bridgehead atoms. The van der Waals surface area contributed by atoms with Gasteiger partial charge in [-0.05, 0) is 57.6 Å². The summed E-state index contributed by atoms with van der Waals surface area (Å²) in [7, 11) is 0.